The summed E-state index contributed by atoms with van der Waals surface area (Å²) in [5.41, 5.74) is 1.01. The van der Waals surface area contributed by atoms with Crippen LogP contribution in [-0.4, -0.2) is 60.9 Å². The average Bonchev–Trinajstić information content (AvgIpc) is 3.29. The van der Waals surface area contributed by atoms with Gasteiger partial charge in [0.15, 0.2) is 0 Å². The van der Waals surface area contributed by atoms with Gasteiger partial charge in [-0.2, -0.15) is 0 Å². The molecule has 2 amide bonds. The van der Waals surface area contributed by atoms with Crippen LogP contribution in [0.4, 0.5) is 0 Å². The number of aliphatic carboxylic acids is 1. The topological polar surface area (TPSA) is 113 Å². The van der Waals surface area contributed by atoms with E-state index in [1.54, 1.807) is 24.3 Å². The molecule has 4 aliphatic heterocycles. The van der Waals surface area contributed by atoms with Gasteiger partial charge in [-0.25, -0.2) is 4.79 Å². The minimum absolute atomic E-state index is 0.0802. The van der Waals surface area contributed by atoms with Crippen LogP contribution in [0.2, 0.25) is 0 Å². The molecule has 2 fully saturated rings. The number of benzene rings is 1. The number of hydrogen-bond donors (Lipinski definition) is 2. The lowest BCUT2D eigenvalue weighted by molar-refractivity contribution is -0.151. The second-order valence-electron chi connectivity index (χ2n) is 7.07. The van der Waals surface area contributed by atoms with Crippen LogP contribution >= 0.6 is 0 Å². The van der Waals surface area contributed by atoms with Gasteiger partial charge in [0, 0.05) is 5.57 Å². The Morgan fingerprint density at radius 1 is 1.21 bits per heavy atom. The highest BCUT2D eigenvalue weighted by molar-refractivity contribution is 7.86. The standard InChI is InChI=1S/C19H16N2O6S/c22-12(8-9-4-2-1-3-5-9)20-14-17(23)21-15(19(24)25)13-10-6-7-11(27-10)16(13)28(26)18(14)21/h1-7,10-11,14,16,18H,8H2,(H,20,22)(H,24,25)/t10-,11+,14-,16-,18-,28?/m1/s1. The van der Waals surface area contributed by atoms with Crippen LogP contribution in [0, 0.1) is 0 Å². The Labute approximate surface area is 162 Å². The molecule has 1 aromatic carbocycles. The first-order valence-electron chi connectivity index (χ1n) is 8.84. The average molecular weight is 400 g/mol. The van der Waals surface area contributed by atoms with E-state index in [9.17, 15) is 23.7 Å². The lowest BCUT2D eigenvalue weighted by Gasteiger charge is -2.50. The van der Waals surface area contributed by atoms with E-state index in [2.05, 4.69) is 5.32 Å². The van der Waals surface area contributed by atoms with E-state index in [1.807, 2.05) is 18.2 Å². The Balaban J connectivity index is 1.42. The second kappa shape index (κ2) is 6.11. The fraction of sp³-hybridized carbons (Fsp3) is 0.316. The summed E-state index contributed by atoms with van der Waals surface area (Å²) >= 11 is 0. The van der Waals surface area contributed by atoms with Crippen molar-refractivity contribution in [1.82, 2.24) is 10.2 Å². The third-order valence-electron chi connectivity index (χ3n) is 5.46. The highest BCUT2D eigenvalue weighted by Crippen LogP contribution is 2.47. The molecule has 2 bridgehead atoms. The number of ether oxygens (including phenoxy) is 1. The summed E-state index contributed by atoms with van der Waals surface area (Å²) in [7, 11) is -1.59. The van der Waals surface area contributed by atoms with Crippen molar-refractivity contribution < 1.29 is 28.4 Å². The van der Waals surface area contributed by atoms with Gasteiger partial charge in [0.05, 0.1) is 28.6 Å². The molecular formula is C19H16N2O6S. The third-order valence-corrected chi connectivity index (χ3v) is 7.44. The number of fused-ring (bicyclic) bond motifs is 6. The molecule has 2 N–H and O–H groups in total. The Morgan fingerprint density at radius 3 is 2.68 bits per heavy atom. The lowest BCUT2D eigenvalue weighted by Crippen LogP contribution is -2.75. The van der Waals surface area contributed by atoms with Gasteiger partial charge in [0.25, 0.3) is 5.91 Å². The predicted molar refractivity (Wildman–Crippen MR) is 97.1 cm³/mol. The van der Waals surface area contributed by atoms with Crippen molar-refractivity contribution in [3.05, 3.63) is 59.3 Å². The molecule has 4 heterocycles. The van der Waals surface area contributed by atoms with Gasteiger partial charge in [-0.1, -0.05) is 42.5 Å². The second-order valence-corrected chi connectivity index (χ2v) is 8.72. The summed E-state index contributed by atoms with van der Waals surface area (Å²) in [6.07, 6.45) is 2.55. The van der Waals surface area contributed by atoms with Crippen LogP contribution in [0.5, 0.6) is 0 Å². The highest BCUT2D eigenvalue weighted by Gasteiger charge is 2.64. The molecule has 0 radical (unpaired) electrons. The van der Waals surface area contributed by atoms with E-state index in [-0.39, 0.29) is 18.0 Å². The number of carboxylic acid groups (broad SMARTS) is 1. The first-order chi connectivity index (χ1) is 13.5. The molecule has 4 aliphatic rings. The van der Waals surface area contributed by atoms with Gasteiger partial charge in [0.2, 0.25) is 5.91 Å². The fourth-order valence-corrected chi connectivity index (χ4v) is 6.37. The van der Waals surface area contributed by atoms with Crippen LogP contribution in [0.1, 0.15) is 5.56 Å². The van der Waals surface area contributed by atoms with E-state index in [4.69, 9.17) is 4.74 Å². The van der Waals surface area contributed by atoms with E-state index in [0.29, 0.717) is 5.57 Å². The molecule has 6 atom stereocenters. The van der Waals surface area contributed by atoms with E-state index >= 15 is 0 Å². The van der Waals surface area contributed by atoms with E-state index in [1.165, 1.54) is 0 Å². The Morgan fingerprint density at radius 2 is 1.96 bits per heavy atom. The quantitative estimate of drug-likeness (QED) is 0.530. The zero-order valence-electron chi connectivity index (χ0n) is 14.5. The van der Waals surface area contributed by atoms with Crippen molar-refractivity contribution in [2.45, 2.75) is 35.3 Å². The molecule has 28 heavy (non-hydrogen) atoms. The van der Waals surface area contributed by atoms with Crippen LogP contribution in [0.25, 0.3) is 0 Å². The zero-order valence-corrected chi connectivity index (χ0v) is 15.3. The van der Waals surface area contributed by atoms with Gasteiger partial charge in [-0.3, -0.25) is 18.7 Å². The molecule has 0 aliphatic carbocycles. The summed E-state index contributed by atoms with van der Waals surface area (Å²) in [6, 6.07) is 8.04. The van der Waals surface area contributed by atoms with Gasteiger partial charge in [0.1, 0.15) is 23.2 Å². The zero-order chi connectivity index (χ0) is 19.6. The molecule has 0 aromatic heterocycles. The molecule has 9 heteroatoms. The molecular weight excluding hydrogens is 384 g/mol. The maximum atomic E-state index is 13.1. The third kappa shape index (κ3) is 2.33. The molecule has 8 nitrogen and oxygen atoms in total. The SMILES string of the molecule is O=C(Cc1ccccc1)N[C@@H]1C(=O)N2C(C(=O)O)=C3[C@H]4C=C[C@H](O4)[C@H]3S(=O)[C@H]12. The number of hydrogen-bond acceptors (Lipinski definition) is 5. The number of amides is 2. The number of carbonyl (C=O) groups is 3. The van der Waals surface area contributed by atoms with Gasteiger partial charge >= 0.3 is 5.97 Å². The summed E-state index contributed by atoms with van der Waals surface area (Å²) in [4.78, 5) is 37.9. The lowest BCUT2D eigenvalue weighted by atomic mass is 9.94. The number of nitrogens with zero attached hydrogens (tertiary/aromatic N) is 1. The number of nitrogens with one attached hydrogen (secondary N) is 1. The predicted octanol–water partition coefficient (Wildman–Crippen LogP) is -0.311. The molecule has 2 saturated heterocycles. The van der Waals surface area contributed by atoms with Crippen LogP contribution in [-0.2, 0) is 36.3 Å². The molecule has 144 valence electrons. The summed E-state index contributed by atoms with van der Waals surface area (Å²) in [5, 5.41) is 10.8. The van der Waals surface area contributed by atoms with Crippen LogP contribution in [0.15, 0.2) is 53.8 Å². The maximum Gasteiger partial charge on any atom is 0.352 e. The monoisotopic (exact) mass is 400 g/mol. The molecule has 5 rings (SSSR count). The Bertz CT molecular complexity index is 987. The Hall–Kier alpha value is -2.78. The minimum Gasteiger partial charge on any atom is -0.477 e. The molecule has 0 saturated carbocycles. The minimum atomic E-state index is -1.59. The smallest absolute Gasteiger partial charge is 0.352 e. The summed E-state index contributed by atoms with van der Waals surface area (Å²) < 4.78 is 18.8. The van der Waals surface area contributed by atoms with Crippen molar-refractivity contribution in [2.24, 2.45) is 0 Å². The number of carboxylic acids is 1. The number of rotatable bonds is 4. The molecule has 1 unspecified atom stereocenters. The normalized spacial score (nSPS) is 34.7. The van der Waals surface area contributed by atoms with Gasteiger partial charge in [-0.15, -0.1) is 0 Å². The van der Waals surface area contributed by atoms with Gasteiger partial charge < -0.3 is 15.2 Å². The first kappa shape index (κ1) is 17.3. The van der Waals surface area contributed by atoms with Crippen LogP contribution < -0.4 is 5.32 Å². The maximum absolute atomic E-state index is 13.1. The summed E-state index contributed by atoms with van der Waals surface area (Å²) in [6.45, 7) is 0. The van der Waals surface area contributed by atoms with E-state index < -0.39 is 51.5 Å². The first-order valence-corrected chi connectivity index (χ1v) is 10.1. The van der Waals surface area contributed by atoms with Crippen molar-refractivity contribution in [1.29, 1.82) is 0 Å². The summed E-state index contributed by atoms with van der Waals surface area (Å²) in [5.74, 6) is -2.19. The van der Waals surface area contributed by atoms with Crippen molar-refractivity contribution in [3.63, 3.8) is 0 Å². The largest absolute Gasteiger partial charge is 0.477 e. The number of β-lactam (4-membered cyclic amide) rings is 1. The van der Waals surface area contributed by atoms with Crippen molar-refractivity contribution in [2.75, 3.05) is 0 Å². The highest BCUT2D eigenvalue weighted by atomic mass is 32.2. The molecule has 0 spiro atoms. The van der Waals surface area contributed by atoms with Gasteiger partial charge in [-0.05, 0) is 5.56 Å². The van der Waals surface area contributed by atoms with Crippen LogP contribution in [0.3, 0.4) is 0 Å². The van der Waals surface area contributed by atoms with Crippen molar-refractivity contribution >= 4 is 28.6 Å². The molecule has 1 aromatic rings. The van der Waals surface area contributed by atoms with E-state index in [0.717, 1.165) is 10.5 Å². The van der Waals surface area contributed by atoms with Crippen molar-refractivity contribution in [3.8, 4) is 0 Å². The number of carbonyl (C=O) groups excluding carboxylic acids is 2. The Kier molecular flexibility index (Phi) is 3.78. The fourth-order valence-electron chi connectivity index (χ4n) is 4.28.